The Kier molecular flexibility index (Phi) is 8.09. The number of carbonyl (C=O) groups excluding carboxylic acids is 2. The molecule has 1 N–H and O–H groups in total. The topological polar surface area (TPSA) is 77.5 Å². The first-order valence-electron chi connectivity index (χ1n) is 9.89. The lowest BCUT2D eigenvalue weighted by atomic mass is 10.0. The molecule has 0 bridgehead atoms. The maximum Gasteiger partial charge on any atom is 0.337 e. The molecule has 0 aliphatic heterocycles. The van der Waals surface area contributed by atoms with Crippen molar-refractivity contribution in [3.63, 3.8) is 0 Å². The van der Waals surface area contributed by atoms with Crippen LogP contribution in [0, 0.1) is 0 Å². The third-order valence-electron chi connectivity index (χ3n) is 4.76. The molecule has 32 heavy (non-hydrogen) atoms. The highest BCUT2D eigenvalue weighted by Crippen LogP contribution is 2.20. The largest absolute Gasteiger partial charge is 0.493 e. The lowest BCUT2D eigenvalue weighted by molar-refractivity contribution is 0.0600. The number of pyridine rings is 1. The Hall–Kier alpha value is -3.09. The van der Waals surface area contributed by atoms with Crippen LogP contribution in [-0.2, 0) is 11.2 Å². The molecule has 1 heterocycles. The van der Waals surface area contributed by atoms with E-state index < -0.39 is 5.97 Å². The molecule has 0 spiro atoms. The highest BCUT2D eigenvalue weighted by atomic mass is 35.5. The number of hydrogen-bond acceptors (Lipinski definition) is 5. The molecule has 166 valence electrons. The number of amides is 1. The van der Waals surface area contributed by atoms with E-state index in [2.05, 4.69) is 10.3 Å². The molecule has 1 atom stereocenters. The smallest absolute Gasteiger partial charge is 0.337 e. The fourth-order valence-corrected chi connectivity index (χ4v) is 3.41. The highest BCUT2D eigenvalue weighted by molar-refractivity contribution is 6.31. The maximum absolute atomic E-state index is 13.0. The predicted molar refractivity (Wildman–Crippen MR) is 124 cm³/mol. The number of methoxy groups -OCH3 is 1. The average Bonchev–Trinajstić information content (AvgIpc) is 2.79. The second-order valence-electron chi connectivity index (χ2n) is 7.01. The maximum atomic E-state index is 13.0. The minimum Gasteiger partial charge on any atom is -0.493 e. The van der Waals surface area contributed by atoms with Crippen molar-refractivity contribution in [2.45, 2.75) is 19.4 Å². The number of benzene rings is 2. The van der Waals surface area contributed by atoms with Gasteiger partial charge in [0.2, 0.25) is 0 Å². The molecular weight excluding hydrogens is 451 g/mol. The van der Waals surface area contributed by atoms with Crippen LogP contribution in [0.3, 0.4) is 0 Å². The summed E-state index contributed by atoms with van der Waals surface area (Å²) in [4.78, 5) is 28.9. The van der Waals surface area contributed by atoms with Crippen LogP contribution in [-0.4, -0.2) is 30.6 Å². The zero-order valence-electron chi connectivity index (χ0n) is 17.6. The second-order valence-corrected chi connectivity index (χ2v) is 7.89. The van der Waals surface area contributed by atoms with Crippen LogP contribution >= 0.6 is 23.2 Å². The Bertz CT molecular complexity index is 1100. The molecule has 3 rings (SSSR count). The number of nitrogens with zero attached hydrogens (tertiary/aromatic N) is 1. The van der Waals surface area contributed by atoms with Crippen molar-refractivity contribution in [3.05, 3.63) is 93.2 Å². The number of nitrogens with one attached hydrogen (secondary N) is 1. The van der Waals surface area contributed by atoms with E-state index in [0.29, 0.717) is 45.6 Å². The molecule has 0 unspecified atom stereocenters. The summed E-state index contributed by atoms with van der Waals surface area (Å²) >= 11 is 12.1. The second kappa shape index (κ2) is 11.0. The van der Waals surface area contributed by atoms with E-state index in [1.165, 1.54) is 13.3 Å². The van der Waals surface area contributed by atoms with Crippen LogP contribution < -0.4 is 10.1 Å². The summed E-state index contributed by atoms with van der Waals surface area (Å²) in [6, 6.07) is 15.2. The quantitative estimate of drug-likeness (QED) is 0.450. The molecule has 0 radical (unpaired) electrons. The zero-order chi connectivity index (χ0) is 23.1. The normalized spacial score (nSPS) is 11.5. The number of aromatic nitrogens is 1. The van der Waals surface area contributed by atoms with E-state index in [-0.39, 0.29) is 11.9 Å². The number of hydrogen-bond donors (Lipinski definition) is 1. The van der Waals surface area contributed by atoms with Gasteiger partial charge in [-0.15, -0.1) is 0 Å². The van der Waals surface area contributed by atoms with Crippen molar-refractivity contribution in [2.24, 2.45) is 0 Å². The fourth-order valence-electron chi connectivity index (χ4n) is 3.07. The van der Waals surface area contributed by atoms with Gasteiger partial charge in [-0.3, -0.25) is 9.78 Å². The van der Waals surface area contributed by atoms with Gasteiger partial charge in [-0.05, 0) is 48.9 Å². The standard InChI is InChI=1S/C24H22Cl2N2O4/c1-15(16-6-8-17(9-7-16)24(30)31-2)28-23(29)21-13-19(26)14-27-22(21)10-11-32-20-5-3-4-18(25)12-20/h3-9,12-15H,10-11H2,1-2H3,(H,28,29)/t15-/m0/s1. The van der Waals surface area contributed by atoms with E-state index in [1.54, 1.807) is 48.5 Å². The molecule has 3 aromatic rings. The van der Waals surface area contributed by atoms with Crippen LogP contribution in [0.5, 0.6) is 5.75 Å². The summed E-state index contributed by atoms with van der Waals surface area (Å²) in [6.45, 7) is 2.17. The first kappa shape index (κ1) is 23.6. The number of rotatable bonds is 8. The molecule has 2 aromatic carbocycles. The van der Waals surface area contributed by atoms with Crippen molar-refractivity contribution in [3.8, 4) is 5.75 Å². The summed E-state index contributed by atoms with van der Waals surface area (Å²) in [5.41, 5.74) is 2.23. The minimum atomic E-state index is -0.414. The van der Waals surface area contributed by atoms with E-state index in [1.807, 2.05) is 13.0 Å². The van der Waals surface area contributed by atoms with Gasteiger partial charge >= 0.3 is 5.97 Å². The average molecular weight is 473 g/mol. The fraction of sp³-hybridized carbons (Fsp3) is 0.208. The van der Waals surface area contributed by atoms with E-state index in [4.69, 9.17) is 32.7 Å². The van der Waals surface area contributed by atoms with E-state index in [0.717, 1.165) is 5.56 Å². The molecule has 1 aromatic heterocycles. The summed E-state index contributed by atoms with van der Waals surface area (Å²) < 4.78 is 10.4. The third kappa shape index (κ3) is 6.22. The van der Waals surface area contributed by atoms with Gasteiger partial charge in [0.25, 0.3) is 5.91 Å². The van der Waals surface area contributed by atoms with Gasteiger partial charge in [0.1, 0.15) is 5.75 Å². The van der Waals surface area contributed by atoms with Gasteiger partial charge in [0, 0.05) is 17.6 Å². The van der Waals surface area contributed by atoms with Gasteiger partial charge in [-0.1, -0.05) is 41.4 Å². The van der Waals surface area contributed by atoms with Crippen LogP contribution in [0.1, 0.15) is 44.9 Å². The summed E-state index contributed by atoms with van der Waals surface area (Å²) in [5, 5.41) is 3.90. The van der Waals surface area contributed by atoms with Gasteiger partial charge in [-0.25, -0.2) is 4.79 Å². The molecule has 8 heteroatoms. The van der Waals surface area contributed by atoms with Crippen molar-refractivity contribution in [1.82, 2.24) is 10.3 Å². The Morgan fingerprint density at radius 2 is 1.81 bits per heavy atom. The Morgan fingerprint density at radius 1 is 1.06 bits per heavy atom. The van der Waals surface area contributed by atoms with Crippen molar-refractivity contribution in [2.75, 3.05) is 13.7 Å². The first-order chi connectivity index (χ1) is 15.4. The van der Waals surface area contributed by atoms with E-state index >= 15 is 0 Å². The number of ether oxygens (including phenoxy) is 2. The van der Waals surface area contributed by atoms with Crippen molar-refractivity contribution < 1.29 is 19.1 Å². The molecule has 1 amide bonds. The van der Waals surface area contributed by atoms with Gasteiger partial charge in [-0.2, -0.15) is 0 Å². The van der Waals surface area contributed by atoms with Crippen LogP contribution in [0.25, 0.3) is 0 Å². The molecule has 0 aliphatic carbocycles. The zero-order valence-corrected chi connectivity index (χ0v) is 19.1. The van der Waals surface area contributed by atoms with Gasteiger partial charge in [0.05, 0.1) is 41.6 Å². The lowest BCUT2D eigenvalue weighted by Gasteiger charge is -2.16. The first-order valence-corrected chi connectivity index (χ1v) is 10.6. The van der Waals surface area contributed by atoms with Gasteiger partial charge in [0.15, 0.2) is 0 Å². The molecule has 6 nitrogen and oxygen atoms in total. The number of halogens is 2. The SMILES string of the molecule is COC(=O)c1ccc([C@H](C)NC(=O)c2cc(Cl)cnc2CCOc2cccc(Cl)c2)cc1. The summed E-state index contributed by atoms with van der Waals surface area (Å²) in [7, 11) is 1.33. The lowest BCUT2D eigenvalue weighted by Crippen LogP contribution is -2.28. The van der Waals surface area contributed by atoms with Crippen LogP contribution in [0.2, 0.25) is 10.0 Å². The molecular formula is C24H22Cl2N2O4. The van der Waals surface area contributed by atoms with E-state index in [9.17, 15) is 9.59 Å². The van der Waals surface area contributed by atoms with Crippen LogP contribution in [0.4, 0.5) is 0 Å². The Labute approximate surface area is 196 Å². The Morgan fingerprint density at radius 3 is 2.50 bits per heavy atom. The monoisotopic (exact) mass is 472 g/mol. The number of carbonyl (C=O) groups is 2. The van der Waals surface area contributed by atoms with Gasteiger partial charge < -0.3 is 14.8 Å². The predicted octanol–water partition coefficient (Wildman–Crippen LogP) is 5.29. The molecule has 0 fully saturated rings. The van der Waals surface area contributed by atoms with Crippen LogP contribution in [0.15, 0.2) is 60.8 Å². The molecule has 0 saturated heterocycles. The number of esters is 1. The highest BCUT2D eigenvalue weighted by Gasteiger charge is 2.17. The summed E-state index contributed by atoms with van der Waals surface area (Å²) in [6.07, 6.45) is 1.91. The Balaban J connectivity index is 1.67. The third-order valence-corrected chi connectivity index (χ3v) is 5.21. The molecule has 0 aliphatic rings. The summed E-state index contributed by atoms with van der Waals surface area (Å²) in [5.74, 6) is -0.0772. The minimum absolute atomic E-state index is 0.302. The molecule has 0 saturated carbocycles. The van der Waals surface area contributed by atoms with Crippen molar-refractivity contribution in [1.29, 1.82) is 0 Å². The van der Waals surface area contributed by atoms with Crippen molar-refractivity contribution >= 4 is 35.1 Å².